The van der Waals surface area contributed by atoms with Crippen LogP contribution in [-0.4, -0.2) is 17.8 Å². The van der Waals surface area contributed by atoms with Crippen LogP contribution in [0.25, 0.3) is 0 Å². The van der Waals surface area contributed by atoms with E-state index in [9.17, 15) is 5.11 Å². The minimum atomic E-state index is -0.878. The molecule has 1 aromatic rings. The Morgan fingerprint density at radius 3 is 2.22 bits per heavy atom. The molecule has 1 atom stereocenters. The molecule has 1 aliphatic heterocycles. The molecule has 4 aliphatic carbocycles. The van der Waals surface area contributed by atoms with Crippen molar-refractivity contribution in [2.24, 2.45) is 23.7 Å². The molecule has 4 saturated carbocycles. The average Bonchev–Trinajstić information content (AvgIpc) is 2.50. The van der Waals surface area contributed by atoms with Gasteiger partial charge < -0.3 is 9.84 Å². The summed E-state index contributed by atoms with van der Waals surface area (Å²) in [5.41, 5.74) is 0.491. The second-order valence-corrected chi connectivity index (χ2v) is 8.91. The van der Waals surface area contributed by atoms with E-state index < -0.39 is 5.79 Å². The molecule has 5 heteroatoms. The third kappa shape index (κ3) is 1.72. The highest BCUT2D eigenvalue weighted by molar-refractivity contribution is 14.1. The largest absolute Gasteiger partial charge is 0.507 e. The van der Waals surface area contributed by atoms with Gasteiger partial charge in [0.05, 0.1) is 3.57 Å². The highest BCUT2D eigenvalue weighted by atomic mass is 127. The second-order valence-electron chi connectivity index (χ2n) is 7.75. The Morgan fingerprint density at radius 1 is 1.09 bits per heavy atom. The topological polar surface area (TPSA) is 47.9 Å². The minimum Gasteiger partial charge on any atom is -0.507 e. The molecular weight excluding hydrogens is 407 g/mol. The Morgan fingerprint density at radius 2 is 1.74 bits per heavy atom. The molecule has 1 aromatic carbocycles. The molecule has 1 unspecified atom stereocenters. The van der Waals surface area contributed by atoms with Gasteiger partial charge in [-0.05, 0) is 90.5 Å². The summed E-state index contributed by atoms with van der Waals surface area (Å²) >= 11 is 2.13. The van der Waals surface area contributed by atoms with Crippen molar-refractivity contribution in [2.45, 2.75) is 43.5 Å². The second kappa shape index (κ2) is 4.84. The van der Waals surface area contributed by atoms with E-state index in [1.54, 1.807) is 13.2 Å². The van der Waals surface area contributed by atoms with E-state index in [-0.39, 0.29) is 11.4 Å². The van der Waals surface area contributed by atoms with E-state index in [1.165, 1.54) is 32.1 Å². The van der Waals surface area contributed by atoms with Crippen LogP contribution in [0.3, 0.4) is 0 Å². The Balaban J connectivity index is 1.62. The van der Waals surface area contributed by atoms with Crippen LogP contribution >= 0.6 is 22.6 Å². The van der Waals surface area contributed by atoms with E-state index in [1.807, 2.05) is 12.1 Å². The summed E-state index contributed by atoms with van der Waals surface area (Å²) in [5, 5.41) is 10.2. The van der Waals surface area contributed by atoms with Gasteiger partial charge in [0.25, 0.3) is 5.79 Å². The maximum atomic E-state index is 10.2. The molecule has 0 amide bonds. The Labute approximate surface area is 149 Å². The molecule has 6 rings (SSSR count). The molecule has 23 heavy (non-hydrogen) atoms. The standard InChI is InChI=1S/C18H21IO4/c1-21-18(12-2-3-15(19)16(20)9-12)17(22-23-18)13-5-10-4-11(7-13)8-14(17)6-10/h2-3,9-11,13-14,20H,4-8H2,1H3. The zero-order valence-corrected chi connectivity index (χ0v) is 15.3. The number of phenols is 1. The van der Waals surface area contributed by atoms with Gasteiger partial charge in [-0.1, -0.05) is 6.07 Å². The molecule has 1 saturated heterocycles. The first-order valence-corrected chi connectivity index (χ1v) is 9.58. The summed E-state index contributed by atoms with van der Waals surface area (Å²) < 4.78 is 6.80. The first-order chi connectivity index (χ1) is 11.1. The Hall–Kier alpha value is -0.370. The van der Waals surface area contributed by atoms with E-state index in [2.05, 4.69) is 22.6 Å². The molecule has 1 heterocycles. The summed E-state index contributed by atoms with van der Waals surface area (Å²) in [5.74, 6) is 2.09. The van der Waals surface area contributed by atoms with Gasteiger partial charge in [0.2, 0.25) is 0 Å². The summed E-state index contributed by atoms with van der Waals surface area (Å²) in [4.78, 5) is 11.6. The van der Waals surface area contributed by atoms with Gasteiger partial charge in [0.15, 0.2) is 5.60 Å². The minimum absolute atomic E-state index is 0.272. The number of rotatable bonds is 2. The molecule has 5 aliphatic rings. The van der Waals surface area contributed by atoms with Crippen LogP contribution in [0, 0.1) is 27.2 Å². The Bertz CT molecular complexity index is 628. The van der Waals surface area contributed by atoms with E-state index in [0.29, 0.717) is 11.8 Å². The lowest BCUT2D eigenvalue weighted by Crippen LogP contribution is -2.76. The molecule has 1 spiro atoms. The predicted octanol–water partition coefficient (Wildman–Crippen LogP) is 3.95. The Kier molecular flexibility index (Phi) is 3.14. The molecule has 5 fully saturated rings. The van der Waals surface area contributed by atoms with Crippen molar-refractivity contribution in [3.8, 4) is 5.75 Å². The molecular formula is C18H21IO4. The molecule has 0 radical (unpaired) electrons. The van der Waals surface area contributed by atoms with Crippen molar-refractivity contribution in [1.29, 1.82) is 0 Å². The number of hydrogen-bond acceptors (Lipinski definition) is 4. The lowest BCUT2D eigenvalue weighted by atomic mass is 9.47. The van der Waals surface area contributed by atoms with Crippen LogP contribution in [-0.2, 0) is 20.3 Å². The monoisotopic (exact) mass is 428 g/mol. The van der Waals surface area contributed by atoms with Crippen molar-refractivity contribution >= 4 is 22.6 Å². The van der Waals surface area contributed by atoms with Crippen LogP contribution in [0.15, 0.2) is 18.2 Å². The number of methoxy groups -OCH3 is 1. The maximum absolute atomic E-state index is 10.2. The van der Waals surface area contributed by atoms with Gasteiger partial charge in [-0.25, -0.2) is 4.89 Å². The smallest absolute Gasteiger partial charge is 0.260 e. The number of phenolic OH excluding ortho intramolecular Hbond substituents is 1. The lowest BCUT2D eigenvalue weighted by molar-refractivity contribution is -0.645. The molecule has 1 N–H and O–H groups in total. The number of benzene rings is 1. The van der Waals surface area contributed by atoms with E-state index in [4.69, 9.17) is 14.5 Å². The number of aromatic hydroxyl groups is 1. The van der Waals surface area contributed by atoms with Crippen LogP contribution < -0.4 is 0 Å². The van der Waals surface area contributed by atoms with Crippen molar-refractivity contribution < 1.29 is 19.6 Å². The van der Waals surface area contributed by atoms with Gasteiger partial charge in [-0.2, -0.15) is 4.89 Å². The van der Waals surface area contributed by atoms with Crippen molar-refractivity contribution in [3.63, 3.8) is 0 Å². The third-order valence-electron chi connectivity index (χ3n) is 6.78. The van der Waals surface area contributed by atoms with Gasteiger partial charge in [-0.3, -0.25) is 0 Å². The molecule has 0 aromatic heterocycles. The van der Waals surface area contributed by atoms with Crippen molar-refractivity contribution in [2.75, 3.05) is 7.11 Å². The zero-order valence-electron chi connectivity index (χ0n) is 13.1. The van der Waals surface area contributed by atoms with Crippen LogP contribution in [0.1, 0.15) is 37.7 Å². The zero-order chi connectivity index (χ0) is 15.8. The van der Waals surface area contributed by atoms with Crippen LogP contribution in [0.4, 0.5) is 0 Å². The molecule has 4 nitrogen and oxygen atoms in total. The first kappa shape index (κ1) is 14.9. The fourth-order valence-electron chi connectivity index (χ4n) is 6.07. The lowest BCUT2D eigenvalue weighted by Gasteiger charge is -2.68. The van der Waals surface area contributed by atoms with Crippen LogP contribution in [0.5, 0.6) is 5.75 Å². The molecule has 4 bridgehead atoms. The fraction of sp³-hybridized carbons (Fsp3) is 0.667. The fourth-order valence-corrected chi connectivity index (χ4v) is 6.41. The van der Waals surface area contributed by atoms with Gasteiger partial charge in [-0.15, -0.1) is 0 Å². The number of hydrogen-bond donors (Lipinski definition) is 1. The van der Waals surface area contributed by atoms with E-state index in [0.717, 1.165) is 21.0 Å². The van der Waals surface area contributed by atoms with Crippen molar-refractivity contribution in [3.05, 3.63) is 27.3 Å². The quantitative estimate of drug-likeness (QED) is 0.573. The summed E-state index contributed by atoms with van der Waals surface area (Å²) in [6.07, 6.45) is 6.28. The predicted molar refractivity (Wildman–Crippen MR) is 91.5 cm³/mol. The van der Waals surface area contributed by atoms with Crippen LogP contribution in [0.2, 0.25) is 0 Å². The maximum Gasteiger partial charge on any atom is 0.260 e. The number of ether oxygens (including phenoxy) is 1. The summed E-state index contributed by atoms with van der Waals surface area (Å²) in [7, 11) is 1.70. The molecule has 124 valence electrons. The highest BCUT2D eigenvalue weighted by Crippen LogP contribution is 2.69. The SMILES string of the molecule is COC1(c2ccc(I)c(O)c2)OOC12C1CC3CC(C1)CC2C3. The average molecular weight is 428 g/mol. The third-order valence-corrected chi connectivity index (χ3v) is 7.69. The van der Waals surface area contributed by atoms with Gasteiger partial charge in [0.1, 0.15) is 5.75 Å². The van der Waals surface area contributed by atoms with E-state index >= 15 is 0 Å². The van der Waals surface area contributed by atoms with Gasteiger partial charge in [0, 0.05) is 12.7 Å². The van der Waals surface area contributed by atoms with Crippen molar-refractivity contribution in [1.82, 2.24) is 0 Å². The summed E-state index contributed by atoms with van der Waals surface area (Å²) in [6.45, 7) is 0. The first-order valence-electron chi connectivity index (χ1n) is 8.50. The normalized spacial score (nSPS) is 47.0. The highest BCUT2D eigenvalue weighted by Gasteiger charge is 2.76. The number of halogens is 1. The summed E-state index contributed by atoms with van der Waals surface area (Å²) in [6, 6.07) is 5.69. The van der Waals surface area contributed by atoms with Gasteiger partial charge >= 0.3 is 0 Å².